The molecule has 8 rings (SSSR count). The first-order chi connectivity index (χ1) is 17.9. The highest BCUT2D eigenvalue weighted by Gasteiger charge is 2.48. The fraction of sp³-hybridized carbons (Fsp3) is 0.0294. The first kappa shape index (κ1) is 19.6. The normalized spacial score (nSPS) is 14.0. The molecule has 0 saturated heterocycles. The molecule has 0 unspecified atom stereocenters. The molecule has 0 fully saturated rings. The van der Waals surface area contributed by atoms with Gasteiger partial charge in [-0.1, -0.05) is 97.1 Å². The quantitative estimate of drug-likeness (QED) is 0.259. The third-order valence-corrected chi connectivity index (χ3v) is 7.79. The zero-order chi connectivity index (χ0) is 23.7. The Balaban J connectivity index is 1.62. The number of fused-ring (bicyclic) bond motifs is 6. The second kappa shape index (κ2) is 7.16. The highest BCUT2D eigenvalue weighted by atomic mass is 16.5. The molecule has 0 amide bonds. The highest BCUT2D eigenvalue weighted by molar-refractivity contribution is 6.13. The van der Waals surface area contributed by atoms with Crippen LogP contribution in [0.15, 0.2) is 128 Å². The maximum absolute atomic E-state index is 6.40. The second-order valence-corrected chi connectivity index (χ2v) is 9.51. The smallest absolute Gasteiger partial charge is 0.135 e. The Hall–Kier alpha value is -4.69. The summed E-state index contributed by atoms with van der Waals surface area (Å²) in [5.74, 6) is 1.80. The molecule has 36 heavy (non-hydrogen) atoms. The second-order valence-electron chi connectivity index (χ2n) is 9.51. The van der Waals surface area contributed by atoms with E-state index in [0.29, 0.717) is 0 Å². The van der Waals surface area contributed by atoms with Crippen LogP contribution in [0, 0.1) is 0 Å². The summed E-state index contributed by atoms with van der Waals surface area (Å²) in [6, 6.07) is 43.2. The number of benzene rings is 5. The van der Waals surface area contributed by atoms with Crippen molar-refractivity contribution in [2.45, 2.75) is 5.41 Å². The molecule has 1 aromatic heterocycles. The Bertz CT molecular complexity index is 1770. The zero-order valence-corrected chi connectivity index (χ0v) is 19.5. The number of rotatable bonds is 2. The molecule has 1 aliphatic heterocycles. The molecular weight excluding hydrogens is 438 g/mol. The fourth-order valence-electron chi connectivity index (χ4n) is 6.41. The van der Waals surface area contributed by atoms with E-state index in [9.17, 15) is 0 Å². The van der Waals surface area contributed by atoms with Crippen LogP contribution in [0.4, 0.5) is 0 Å². The van der Waals surface area contributed by atoms with Gasteiger partial charge in [-0.05, 0) is 57.5 Å². The van der Waals surface area contributed by atoms with Crippen LogP contribution in [0.1, 0.15) is 22.3 Å². The lowest BCUT2D eigenvalue weighted by Crippen LogP contribution is -2.28. The number of aromatic nitrogens is 1. The Morgan fingerprint density at radius 3 is 2.03 bits per heavy atom. The number of para-hydroxylation sites is 1. The van der Waals surface area contributed by atoms with Gasteiger partial charge in [0.15, 0.2) is 0 Å². The van der Waals surface area contributed by atoms with Crippen LogP contribution in [0.2, 0.25) is 0 Å². The molecule has 168 valence electrons. The molecule has 2 heteroatoms. The summed E-state index contributed by atoms with van der Waals surface area (Å²) < 4.78 is 6.40. The summed E-state index contributed by atoms with van der Waals surface area (Å²) in [5, 5.41) is 2.34. The molecule has 2 heterocycles. The topological polar surface area (TPSA) is 22.1 Å². The van der Waals surface area contributed by atoms with E-state index in [-0.39, 0.29) is 0 Å². The molecular formula is C34H21NO. The Morgan fingerprint density at radius 2 is 1.25 bits per heavy atom. The van der Waals surface area contributed by atoms with Crippen molar-refractivity contribution in [3.05, 3.63) is 150 Å². The highest BCUT2D eigenvalue weighted by Crippen LogP contribution is 2.60. The van der Waals surface area contributed by atoms with Gasteiger partial charge in [-0.25, -0.2) is 0 Å². The SMILES string of the molecule is c1ccc(C2(c3ccccc3)c3cccnc3-c3c2cc2c4c(cccc34)Oc3ccccc3-2)cc1. The standard InChI is InChI=1S/C34H21NO/c1-3-11-22(12-4-1)34(23-13-5-2-6-14-23)27-17-10-20-35-33(27)32-25-16-9-19-30-31(25)26(21-28(32)34)24-15-7-8-18-29(24)36-30/h1-21H. The molecule has 0 saturated carbocycles. The number of hydrogen-bond donors (Lipinski definition) is 0. The van der Waals surface area contributed by atoms with Gasteiger partial charge in [0.25, 0.3) is 0 Å². The Labute approximate surface area is 209 Å². The van der Waals surface area contributed by atoms with Crippen LogP contribution in [-0.2, 0) is 5.41 Å². The minimum atomic E-state index is -0.477. The van der Waals surface area contributed by atoms with Crippen LogP contribution in [0.25, 0.3) is 33.2 Å². The van der Waals surface area contributed by atoms with E-state index in [1.165, 1.54) is 38.8 Å². The number of ether oxygens (including phenoxy) is 1. The van der Waals surface area contributed by atoms with E-state index in [1.54, 1.807) is 0 Å². The first-order valence-corrected chi connectivity index (χ1v) is 12.3. The predicted octanol–water partition coefficient (Wildman–Crippen LogP) is 8.37. The van der Waals surface area contributed by atoms with Crippen molar-refractivity contribution < 1.29 is 4.74 Å². The van der Waals surface area contributed by atoms with E-state index >= 15 is 0 Å². The van der Waals surface area contributed by atoms with Gasteiger partial charge in [0.2, 0.25) is 0 Å². The van der Waals surface area contributed by atoms with Crippen molar-refractivity contribution in [3.8, 4) is 33.9 Å². The summed E-state index contributed by atoms with van der Waals surface area (Å²) in [7, 11) is 0. The number of hydrogen-bond acceptors (Lipinski definition) is 2. The monoisotopic (exact) mass is 459 g/mol. The third kappa shape index (κ3) is 2.38. The molecule has 2 nitrogen and oxygen atoms in total. The summed E-state index contributed by atoms with van der Waals surface area (Å²) in [4.78, 5) is 5.00. The molecule has 1 aliphatic carbocycles. The molecule has 6 aromatic rings. The number of pyridine rings is 1. The van der Waals surface area contributed by atoms with E-state index < -0.39 is 5.41 Å². The first-order valence-electron chi connectivity index (χ1n) is 12.3. The van der Waals surface area contributed by atoms with Crippen molar-refractivity contribution >= 4 is 10.8 Å². The third-order valence-electron chi connectivity index (χ3n) is 7.79. The van der Waals surface area contributed by atoms with Gasteiger partial charge in [0.05, 0.1) is 11.1 Å². The lowest BCUT2D eigenvalue weighted by Gasteiger charge is -2.34. The van der Waals surface area contributed by atoms with Gasteiger partial charge in [0, 0.05) is 22.7 Å². The molecule has 0 radical (unpaired) electrons. The minimum Gasteiger partial charge on any atom is -0.456 e. The summed E-state index contributed by atoms with van der Waals surface area (Å²) >= 11 is 0. The molecule has 2 aliphatic rings. The molecule has 0 N–H and O–H groups in total. The van der Waals surface area contributed by atoms with Crippen LogP contribution in [0.3, 0.4) is 0 Å². The number of nitrogens with zero attached hydrogens (tertiary/aromatic N) is 1. The van der Waals surface area contributed by atoms with E-state index in [1.807, 2.05) is 12.3 Å². The summed E-state index contributed by atoms with van der Waals surface area (Å²) in [6.07, 6.45) is 1.91. The van der Waals surface area contributed by atoms with Gasteiger partial charge in [0.1, 0.15) is 11.5 Å². The van der Waals surface area contributed by atoms with Crippen LogP contribution < -0.4 is 4.74 Å². The minimum absolute atomic E-state index is 0.477. The molecule has 0 atom stereocenters. The fourth-order valence-corrected chi connectivity index (χ4v) is 6.41. The van der Waals surface area contributed by atoms with Crippen molar-refractivity contribution in [2.24, 2.45) is 0 Å². The van der Waals surface area contributed by atoms with Crippen LogP contribution in [-0.4, -0.2) is 4.98 Å². The van der Waals surface area contributed by atoms with Gasteiger partial charge < -0.3 is 4.74 Å². The average molecular weight is 460 g/mol. The molecule has 0 bridgehead atoms. The van der Waals surface area contributed by atoms with E-state index in [4.69, 9.17) is 9.72 Å². The Morgan fingerprint density at radius 1 is 0.556 bits per heavy atom. The largest absolute Gasteiger partial charge is 0.456 e. The maximum atomic E-state index is 6.40. The van der Waals surface area contributed by atoms with Crippen molar-refractivity contribution in [2.75, 3.05) is 0 Å². The summed E-state index contributed by atoms with van der Waals surface area (Å²) in [5.41, 5.74) is 9.08. The lowest BCUT2D eigenvalue weighted by atomic mass is 9.67. The van der Waals surface area contributed by atoms with Crippen LogP contribution in [0.5, 0.6) is 11.5 Å². The Kier molecular flexibility index (Phi) is 3.90. The van der Waals surface area contributed by atoms with Crippen LogP contribution >= 0.6 is 0 Å². The molecule has 5 aromatic carbocycles. The average Bonchev–Trinajstić information content (AvgIpc) is 3.25. The van der Waals surface area contributed by atoms with Gasteiger partial charge >= 0.3 is 0 Å². The van der Waals surface area contributed by atoms with Crippen molar-refractivity contribution in [1.82, 2.24) is 4.98 Å². The van der Waals surface area contributed by atoms with Gasteiger partial charge in [-0.2, -0.15) is 0 Å². The lowest BCUT2D eigenvalue weighted by molar-refractivity contribution is 0.487. The van der Waals surface area contributed by atoms with E-state index in [2.05, 4.69) is 115 Å². The van der Waals surface area contributed by atoms with Crippen molar-refractivity contribution in [1.29, 1.82) is 0 Å². The van der Waals surface area contributed by atoms with Crippen molar-refractivity contribution in [3.63, 3.8) is 0 Å². The van der Waals surface area contributed by atoms with Gasteiger partial charge in [-0.15, -0.1) is 0 Å². The van der Waals surface area contributed by atoms with E-state index in [0.717, 1.165) is 28.1 Å². The maximum Gasteiger partial charge on any atom is 0.135 e. The van der Waals surface area contributed by atoms with Gasteiger partial charge in [-0.3, -0.25) is 4.98 Å². The predicted molar refractivity (Wildman–Crippen MR) is 145 cm³/mol. The summed E-state index contributed by atoms with van der Waals surface area (Å²) in [6.45, 7) is 0. The molecule has 0 spiro atoms. The zero-order valence-electron chi connectivity index (χ0n) is 19.5.